The summed E-state index contributed by atoms with van der Waals surface area (Å²) >= 11 is 0. The summed E-state index contributed by atoms with van der Waals surface area (Å²) in [4.78, 5) is 27.6. The molecule has 4 rings (SSSR count). The van der Waals surface area contributed by atoms with Crippen molar-refractivity contribution >= 4 is 17.4 Å². The zero-order valence-electron chi connectivity index (χ0n) is 21.3. The van der Waals surface area contributed by atoms with Gasteiger partial charge in [0.15, 0.2) is 0 Å². The number of methoxy groups -OCH3 is 2. The normalized spacial score (nSPS) is 16.7. The molecule has 1 saturated heterocycles. The number of amides is 1. The SMILES string of the molecule is COCCCN1C(=O)C(=O)C(=C(O)c2ccc(OCc3ccccc3C)cc2)C1c1ccc(OC)cc1. The third-order valence-electron chi connectivity index (χ3n) is 6.50. The number of hydrogen-bond acceptors (Lipinski definition) is 6. The topological polar surface area (TPSA) is 85.3 Å². The van der Waals surface area contributed by atoms with Crippen LogP contribution in [0.2, 0.25) is 0 Å². The minimum Gasteiger partial charge on any atom is -0.507 e. The predicted molar refractivity (Wildman–Crippen MR) is 140 cm³/mol. The zero-order valence-corrected chi connectivity index (χ0v) is 21.3. The molecule has 37 heavy (non-hydrogen) atoms. The molecule has 3 aromatic rings. The van der Waals surface area contributed by atoms with Gasteiger partial charge in [-0.1, -0.05) is 36.4 Å². The molecule has 1 heterocycles. The van der Waals surface area contributed by atoms with Crippen LogP contribution in [0.25, 0.3) is 5.76 Å². The van der Waals surface area contributed by atoms with Crippen LogP contribution in [0.3, 0.4) is 0 Å². The molecule has 1 aliphatic rings. The number of hydrogen-bond donors (Lipinski definition) is 1. The van der Waals surface area contributed by atoms with Crippen molar-refractivity contribution in [1.82, 2.24) is 4.90 Å². The van der Waals surface area contributed by atoms with Crippen molar-refractivity contribution in [2.24, 2.45) is 0 Å². The monoisotopic (exact) mass is 501 g/mol. The molecule has 1 fully saturated rings. The second kappa shape index (κ2) is 11.8. The molecule has 1 aliphatic heterocycles. The number of aliphatic hydroxyl groups is 1. The molecule has 7 nitrogen and oxygen atoms in total. The first-order chi connectivity index (χ1) is 17.9. The van der Waals surface area contributed by atoms with Gasteiger partial charge in [-0.2, -0.15) is 0 Å². The molecular weight excluding hydrogens is 470 g/mol. The van der Waals surface area contributed by atoms with Gasteiger partial charge in [-0.3, -0.25) is 9.59 Å². The number of ether oxygens (including phenoxy) is 3. The molecule has 0 saturated carbocycles. The Balaban J connectivity index is 1.64. The van der Waals surface area contributed by atoms with Gasteiger partial charge < -0.3 is 24.2 Å². The molecule has 1 amide bonds. The van der Waals surface area contributed by atoms with Crippen LogP contribution < -0.4 is 9.47 Å². The molecule has 0 bridgehead atoms. The second-order valence-electron chi connectivity index (χ2n) is 8.85. The summed E-state index contributed by atoms with van der Waals surface area (Å²) in [5.41, 5.74) is 3.42. The van der Waals surface area contributed by atoms with Crippen LogP contribution >= 0.6 is 0 Å². The van der Waals surface area contributed by atoms with Crippen molar-refractivity contribution in [3.8, 4) is 11.5 Å². The van der Waals surface area contributed by atoms with E-state index < -0.39 is 17.7 Å². The van der Waals surface area contributed by atoms with Gasteiger partial charge in [0.2, 0.25) is 0 Å². The summed E-state index contributed by atoms with van der Waals surface area (Å²) in [5, 5.41) is 11.3. The smallest absolute Gasteiger partial charge is 0.295 e. The number of rotatable bonds is 10. The van der Waals surface area contributed by atoms with E-state index in [2.05, 4.69) is 0 Å². The first kappa shape index (κ1) is 26.0. The lowest BCUT2D eigenvalue weighted by molar-refractivity contribution is -0.140. The van der Waals surface area contributed by atoms with Gasteiger partial charge in [0.05, 0.1) is 18.7 Å². The van der Waals surface area contributed by atoms with Gasteiger partial charge in [0, 0.05) is 25.8 Å². The number of carbonyl (C=O) groups is 2. The van der Waals surface area contributed by atoms with E-state index in [0.29, 0.717) is 48.8 Å². The number of benzene rings is 3. The minimum absolute atomic E-state index is 0.0566. The van der Waals surface area contributed by atoms with Crippen LogP contribution in [0, 0.1) is 6.92 Å². The van der Waals surface area contributed by atoms with Crippen molar-refractivity contribution in [3.05, 3.63) is 101 Å². The van der Waals surface area contributed by atoms with Crippen LogP contribution in [0.4, 0.5) is 0 Å². The largest absolute Gasteiger partial charge is 0.507 e. The number of aliphatic hydroxyl groups excluding tert-OH is 1. The average molecular weight is 502 g/mol. The highest BCUT2D eigenvalue weighted by Crippen LogP contribution is 2.40. The Morgan fingerprint density at radius 2 is 1.59 bits per heavy atom. The standard InChI is InChI=1S/C30H31NO6/c1-20-7-4-5-8-23(20)19-37-25-15-11-22(12-16-25)28(32)26-27(21-9-13-24(36-3)14-10-21)31(17-6-18-35-2)30(34)29(26)33/h4-5,7-16,27,32H,6,17-19H2,1-3H3. The molecule has 0 radical (unpaired) electrons. The van der Waals surface area contributed by atoms with E-state index in [0.717, 1.165) is 11.1 Å². The van der Waals surface area contributed by atoms with Crippen LogP contribution in [-0.4, -0.2) is 49.1 Å². The lowest BCUT2D eigenvalue weighted by Crippen LogP contribution is -2.31. The maximum absolute atomic E-state index is 13.1. The van der Waals surface area contributed by atoms with E-state index in [1.54, 1.807) is 62.8 Å². The van der Waals surface area contributed by atoms with E-state index in [4.69, 9.17) is 14.2 Å². The van der Waals surface area contributed by atoms with Crippen molar-refractivity contribution in [2.45, 2.75) is 26.0 Å². The van der Waals surface area contributed by atoms with Gasteiger partial charge in [-0.15, -0.1) is 0 Å². The Bertz CT molecular complexity index is 1280. The van der Waals surface area contributed by atoms with Gasteiger partial charge in [-0.05, 0) is 66.4 Å². The van der Waals surface area contributed by atoms with Gasteiger partial charge in [-0.25, -0.2) is 0 Å². The first-order valence-corrected chi connectivity index (χ1v) is 12.1. The Labute approximate surface area is 216 Å². The molecule has 0 aliphatic carbocycles. The number of likely N-dealkylation sites (tertiary alicyclic amines) is 1. The molecule has 3 aromatic carbocycles. The highest BCUT2D eigenvalue weighted by molar-refractivity contribution is 6.46. The number of aryl methyl sites for hydroxylation is 1. The van der Waals surface area contributed by atoms with Crippen LogP contribution in [0.5, 0.6) is 11.5 Å². The van der Waals surface area contributed by atoms with E-state index in [1.165, 1.54) is 4.90 Å². The molecule has 7 heteroatoms. The molecule has 1 N–H and O–H groups in total. The average Bonchev–Trinajstić information content (AvgIpc) is 3.18. The van der Waals surface area contributed by atoms with Crippen molar-refractivity contribution in [1.29, 1.82) is 0 Å². The first-order valence-electron chi connectivity index (χ1n) is 12.1. The molecule has 0 spiro atoms. The van der Waals surface area contributed by atoms with E-state index in [9.17, 15) is 14.7 Å². The summed E-state index contributed by atoms with van der Waals surface area (Å²) < 4.78 is 16.3. The third kappa shape index (κ3) is 5.67. The van der Waals surface area contributed by atoms with E-state index in [1.807, 2.05) is 31.2 Å². The molecule has 1 atom stereocenters. The number of ketones is 1. The van der Waals surface area contributed by atoms with Gasteiger partial charge in [0.1, 0.15) is 23.9 Å². The maximum Gasteiger partial charge on any atom is 0.295 e. The van der Waals surface area contributed by atoms with Crippen LogP contribution in [0.15, 0.2) is 78.4 Å². The van der Waals surface area contributed by atoms with Crippen LogP contribution in [0.1, 0.15) is 34.7 Å². The second-order valence-corrected chi connectivity index (χ2v) is 8.85. The fraction of sp³-hybridized carbons (Fsp3) is 0.267. The molecular formula is C30H31NO6. The van der Waals surface area contributed by atoms with Crippen molar-refractivity contribution in [3.63, 3.8) is 0 Å². The summed E-state index contributed by atoms with van der Waals surface area (Å²) in [6.45, 7) is 3.21. The van der Waals surface area contributed by atoms with Crippen molar-refractivity contribution < 1.29 is 28.9 Å². The Morgan fingerprint density at radius 3 is 2.24 bits per heavy atom. The summed E-state index contributed by atoms with van der Waals surface area (Å²) in [5.74, 6) is -0.293. The van der Waals surface area contributed by atoms with E-state index >= 15 is 0 Å². The fourth-order valence-corrected chi connectivity index (χ4v) is 4.42. The summed E-state index contributed by atoms with van der Waals surface area (Å²) in [6.07, 6.45) is 0.559. The highest BCUT2D eigenvalue weighted by atomic mass is 16.5. The number of nitrogens with zero attached hydrogens (tertiary/aromatic N) is 1. The zero-order chi connectivity index (χ0) is 26.4. The van der Waals surface area contributed by atoms with Crippen LogP contribution in [-0.2, 0) is 20.9 Å². The molecule has 192 valence electrons. The lowest BCUT2D eigenvalue weighted by atomic mass is 9.95. The Hall–Kier alpha value is -4.10. The Morgan fingerprint density at radius 1 is 0.919 bits per heavy atom. The summed E-state index contributed by atoms with van der Waals surface area (Å²) in [7, 11) is 3.16. The van der Waals surface area contributed by atoms with Gasteiger partial charge in [0.25, 0.3) is 11.7 Å². The Kier molecular flexibility index (Phi) is 8.25. The fourth-order valence-electron chi connectivity index (χ4n) is 4.42. The lowest BCUT2D eigenvalue weighted by Gasteiger charge is -2.25. The summed E-state index contributed by atoms with van der Waals surface area (Å²) in [6, 6.07) is 21.3. The third-order valence-corrected chi connectivity index (χ3v) is 6.50. The van der Waals surface area contributed by atoms with Crippen molar-refractivity contribution in [2.75, 3.05) is 27.4 Å². The van der Waals surface area contributed by atoms with Gasteiger partial charge >= 0.3 is 0 Å². The predicted octanol–water partition coefficient (Wildman–Crippen LogP) is 5.04. The molecule has 0 aromatic heterocycles. The highest BCUT2D eigenvalue weighted by Gasteiger charge is 2.45. The number of Topliss-reactive ketones (excluding diaryl/α,β-unsaturated/α-hetero) is 1. The number of carbonyl (C=O) groups excluding carboxylic acids is 2. The molecule has 1 unspecified atom stereocenters. The van der Waals surface area contributed by atoms with E-state index in [-0.39, 0.29) is 11.3 Å². The maximum atomic E-state index is 13.1. The minimum atomic E-state index is -0.722. The quantitative estimate of drug-likeness (QED) is 0.181.